The zero-order valence-corrected chi connectivity index (χ0v) is 17.4. The lowest BCUT2D eigenvalue weighted by Gasteiger charge is -2.09. The third-order valence-electron chi connectivity index (χ3n) is 5.08. The molecule has 0 bridgehead atoms. The first-order valence-electron chi connectivity index (χ1n) is 9.85. The van der Waals surface area contributed by atoms with E-state index in [0.29, 0.717) is 17.8 Å². The van der Waals surface area contributed by atoms with Crippen molar-refractivity contribution in [2.75, 3.05) is 0 Å². The quantitative estimate of drug-likeness (QED) is 0.547. The first kappa shape index (κ1) is 21.1. The molecule has 2 N–H and O–H groups in total. The van der Waals surface area contributed by atoms with E-state index in [-0.39, 0.29) is 30.0 Å². The van der Waals surface area contributed by atoms with Crippen LogP contribution in [-0.2, 0) is 19.4 Å². The fourth-order valence-corrected chi connectivity index (χ4v) is 3.33. The average Bonchev–Trinajstić information content (AvgIpc) is 3.00. The Bertz CT molecular complexity index is 1180. The molecule has 0 atom stereocenters. The molecule has 0 saturated carbocycles. The van der Waals surface area contributed by atoms with Crippen molar-refractivity contribution in [2.45, 2.75) is 46.6 Å². The van der Waals surface area contributed by atoms with Gasteiger partial charge in [0, 0.05) is 0 Å². The van der Waals surface area contributed by atoms with E-state index in [0.717, 1.165) is 12.0 Å². The standard InChI is InChI=1S/C23H25N5O2/c1-15-8-9-16(2)19(14-15)11-10-18-6-4-7-20(22(18)29)25-26-21-17(3)27-28(23(21)30)13-5-12-24/h4,6-9,14,27,29H,5,10-11,13H2,1-3H3. The van der Waals surface area contributed by atoms with Crippen molar-refractivity contribution in [1.82, 2.24) is 9.78 Å². The van der Waals surface area contributed by atoms with Gasteiger partial charge in [0.2, 0.25) is 0 Å². The number of aromatic nitrogens is 2. The number of para-hydroxylation sites is 1. The number of azo groups is 1. The van der Waals surface area contributed by atoms with E-state index in [9.17, 15) is 9.90 Å². The molecule has 3 rings (SSSR count). The molecule has 3 aromatic rings. The first-order chi connectivity index (χ1) is 14.4. The van der Waals surface area contributed by atoms with E-state index in [1.54, 1.807) is 13.0 Å². The fraction of sp³-hybridized carbons (Fsp3) is 0.304. The number of hydrogen-bond donors (Lipinski definition) is 2. The molecule has 0 aliphatic heterocycles. The molecule has 0 aliphatic rings. The minimum atomic E-state index is -0.336. The summed E-state index contributed by atoms with van der Waals surface area (Å²) >= 11 is 0. The molecule has 154 valence electrons. The fourth-order valence-electron chi connectivity index (χ4n) is 3.33. The summed E-state index contributed by atoms with van der Waals surface area (Å²) in [6, 6.07) is 13.7. The van der Waals surface area contributed by atoms with Crippen molar-refractivity contribution < 1.29 is 5.11 Å². The second-order valence-corrected chi connectivity index (χ2v) is 7.37. The van der Waals surface area contributed by atoms with Crippen LogP contribution in [0.1, 0.15) is 34.4 Å². The normalized spacial score (nSPS) is 11.1. The number of aryl methyl sites for hydroxylation is 6. The average molecular weight is 403 g/mol. The van der Waals surface area contributed by atoms with Crippen LogP contribution in [0.15, 0.2) is 51.4 Å². The Morgan fingerprint density at radius 2 is 1.87 bits per heavy atom. The molecule has 0 radical (unpaired) electrons. The zero-order valence-electron chi connectivity index (χ0n) is 17.4. The molecule has 0 spiro atoms. The minimum absolute atomic E-state index is 0.0737. The summed E-state index contributed by atoms with van der Waals surface area (Å²) in [5.74, 6) is 0.0737. The molecule has 30 heavy (non-hydrogen) atoms. The highest BCUT2D eigenvalue weighted by Crippen LogP contribution is 2.32. The van der Waals surface area contributed by atoms with Gasteiger partial charge in [-0.05, 0) is 56.4 Å². The van der Waals surface area contributed by atoms with Crippen LogP contribution in [0.5, 0.6) is 5.75 Å². The molecule has 7 heteroatoms. The minimum Gasteiger partial charge on any atom is -0.505 e. The largest absolute Gasteiger partial charge is 0.505 e. The van der Waals surface area contributed by atoms with Crippen molar-refractivity contribution in [3.05, 3.63) is 74.7 Å². The zero-order chi connectivity index (χ0) is 21.7. The number of benzene rings is 2. The molecule has 1 heterocycles. The number of hydrogen-bond acceptors (Lipinski definition) is 5. The number of aromatic amines is 1. The molecule has 2 aromatic carbocycles. The SMILES string of the molecule is Cc1ccc(C)c(CCc2cccc(N=Nc3c(C)[nH]n(CCC#N)c3=O)c2O)c1. The number of aromatic hydroxyl groups is 1. The van der Waals surface area contributed by atoms with Crippen LogP contribution in [0, 0.1) is 32.1 Å². The molecule has 0 aliphatic carbocycles. The maximum atomic E-state index is 12.4. The summed E-state index contributed by atoms with van der Waals surface area (Å²) in [7, 11) is 0. The van der Waals surface area contributed by atoms with Gasteiger partial charge in [0.25, 0.3) is 5.56 Å². The van der Waals surface area contributed by atoms with Gasteiger partial charge < -0.3 is 5.11 Å². The monoisotopic (exact) mass is 403 g/mol. The Morgan fingerprint density at radius 3 is 2.63 bits per heavy atom. The van der Waals surface area contributed by atoms with Crippen LogP contribution < -0.4 is 5.56 Å². The molecular formula is C23H25N5O2. The predicted octanol–water partition coefficient (Wildman–Crippen LogP) is 4.92. The first-order valence-corrected chi connectivity index (χ1v) is 9.85. The molecule has 1 aromatic heterocycles. The summed E-state index contributed by atoms with van der Waals surface area (Å²) in [6.07, 6.45) is 1.70. The lowest BCUT2D eigenvalue weighted by Crippen LogP contribution is -2.16. The van der Waals surface area contributed by atoms with Crippen LogP contribution in [0.4, 0.5) is 11.4 Å². The third kappa shape index (κ3) is 4.66. The highest BCUT2D eigenvalue weighted by Gasteiger charge is 2.12. The highest BCUT2D eigenvalue weighted by atomic mass is 16.3. The Balaban J connectivity index is 1.80. The van der Waals surface area contributed by atoms with Crippen molar-refractivity contribution in [3.8, 4) is 11.8 Å². The van der Waals surface area contributed by atoms with Crippen LogP contribution >= 0.6 is 0 Å². The number of phenolic OH excluding ortho intramolecular Hbond substituents is 1. The second kappa shape index (κ2) is 9.23. The molecule has 0 unspecified atom stereocenters. The Kier molecular flexibility index (Phi) is 6.48. The Hall–Kier alpha value is -3.66. The van der Waals surface area contributed by atoms with Crippen molar-refractivity contribution in [1.29, 1.82) is 5.26 Å². The molecule has 0 saturated heterocycles. The maximum absolute atomic E-state index is 12.4. The third-order valence-corrected chi connectivity index (χ3v) is 5.08. The van der Waals surface area contributed by atoms with Gasteiger partial charge in [0.05, 0.1) is 24.7 Å². The van der Waals surface area contributed by atoms with Gasteiger partial charge in [0.1, 0.15) is 11.4 Å². The van der Waals surface area contributed by atoms with E-state index in [1.165, 1.54) is 21.4 Å². The van der Waals surface area contributed by atoms with Crippen molar-refractivity contribution in [2.24, 2.45) is 10.2 Å². The van der Waals surface area contributed by atoms with Crippen LogP contribution in [-0.4, -0.2) is 14.9 Å². The number of rotatable bonds is 7. The summed E-state index contributed by atoms with van der Waals surface area (Å²) in [5.41, 5.74) is 5.19. The van der Waals surface area contributed by atoms with Gasteiger partial charge in [0.15, 0.2) is 5.69 Å². The van der Waals surface area contributed by atoms with Crippen LogP contribution in [0.25, 0.3) is 0 Å². The van der Waals surface area contributed by atoms with E-state index in [4.69, 9.17) is 5.26 Å². The molecular weight excluding hydrogens is 378 g/mol. The number of nitrogens with one attached hydrogen (secondary N) is 1. The number of nitrogens with zero attached hydrogens (tertiary/aromatic N) is 4. The Morgan fingerprint density at radius 1 is 1.10 bits per heavy atom. The number of nitriles is 1. The van der Waals surface area contributed by atoms with E-state index in [2.05, 4.69) is 47.4 Å². The van der Waals surface area contributed by atoms with Gasteiger partial charge in [-0.2, -0.15) is 5.26 Å². The topological polar surface area (TPSA) is 107 Å². The summed E-state index contributed by atoms with van der Waals surface area (Å²) < 4.78 is 1.34. The van der Waals surface area contributed by atoms with Gasteiger partial charge in [-0.15, -0.1) is 10.2 Å². The lowest BCUT2D eigenvalue weighted by atomic mass is 9.98. The predicted molar refractivity (Wildman–Crippen MR) is 116 cm³/mol. The maximum Gasteiger partial charge on any atom is 0.294 e. The van der Waals surface area contributed by atoms with Gasteiger partial charge in [-0.3, -0.25) is 14.6 Å². The molecule has 7 nitrogen and oxygen atoms in total. The highest BCUT2D eigenvalue weighted by molar-refractivity contribution is 5.55. The van der Waals surface area contributed by atoms with Crippen molar-refractivity contribution >= 4 is 11.4 Å². The van der Waals surface area contributed by atoms with E-state index in [1.807, 2.05) is 18.2 Å². The second-order valence-electron chi connectivity index (χ2n) is 7.37. The summed E-state index contributed by atoms with van der Waals surface area (Å²) in [4.78, 5) is 12.4. The van der Waals surface area contributed by atoms with Crippen LogP contribution in [0.3, 0.4) is 0 Å². The molecule has 0 fully saturated rings. The smallest absolute Gasteiger partial charge is 0.294 e. The summed E-state index contributed by atoms with van der Waals surface area (Å²) in [6.45, 7) is 6.14. The number of phenols is 1. The van der Waals surface area contributed by atoms with E-state index < -0.39 is 0 Å². The van der Waals surface area contributed by atoms with E-state index >= 15 is 0 Å². The van der Waals surface area contributed by atoms with Gasteiger partial charge in [-0.25, -0.2) is 0 Å². The van der Waals surface area contributed by atoms with Gasteiger partial charge in [-0.1, -0.05) is 35.9 Å². The summed E-state index contributed by atoms with van der Waals surface area (Å²) in [5, 5.41) is 30.4. The number of H-pyrrole nitrogens is 1. The molecule has 0 amide bonds. The van der Waals surface area contributed by atoms with Crippen LogP contribution in [0.2, 0.25) is 0 Å². The van der Waals surface area contributed by atoms with Gasteiger partial charge >= 0.3 is 0 Å². The Labute approximate surface area is 175 Å². The van der Waals surface area contributed by atoms with Crippen molar-refractivity contribution in [3.63, 3.8) is 0 Å². The lowest BCUT2D eigenvalue weighted by molar-refractivity contribution is 0.469.